The average molecular weight is 553 g/mol. The van der Waals surface area contributed by atoms with E-state index >= 15 is 0 Å². The molecule has 0 bridgehead atoms. The lowest BCUT2D eigenvalue weighted by molar-refractivity contribution is -0.122. The second kappa shape index (κ2) is 14.6. The fourth-order valence-electron chi connectivity index (χ4n) is 5.86. The molecule has 1 heterocycles. The van der Waals surface area contributed by atoms with Crippen LogP contribution in [0.25, 0.3) is 11.3 Å². The van der Waals surface area contributed by atoms with Gasteiger partial charge < -0.3 is 20.1 Å². The number of ether oxygens (including phenoxy) is 2. The molecule has 2 N–H and O–H groups in total. The molecule has 0 spiro atoms. The Kier molecular flexibility index (Phi) is 10.9. The largest absolute Gasteiger partial charge is 0.496 e. The summed E-state index contributed by atoms with van der Waals surface area (Å²) in [6.07, 6.45) is 12.8. The van der Waals surface area contributed by atoms with Crippen molar-refractivity contribution >= 4 is 11.8 Å². The third-order valence-electron chi connectivity index (χ3n) is 8.76. The molecule has 8 heteroatoms. The molecule has 2 aromatic rings. The molecule has 2 aliphatic carbocycles. The summed E-state index contributed by atoms with van der Waals surface area (Å²) in [5.74, 6) is 2.16. The molecule has 4 rings (SSSR count). The molecule has 2 aliphatic rings. The van der Waals surface area contributed by atoms with Crippen molar-refractivity contribution in [3.63, 3.8) is 0 Å². The highest BCUT2D eigenvalue weighted by Crippen LogP contribution is 2.39. The Morgan fingerprint density at radius 3 is 2.35 bits per heavy atom. The molecule has 2 atom stereocenters. The highest BCUT2D eigenvalue weighted by atomic mass is 16.5. The van der Waals surface area contributed by atoms with Crippen LogP contribution in [0.4, 0.5) is 0 Å². The van der Waals surface area contributed by atoms with Crippen LogP contribution in [0.1, 0.15) is 101 Å². The quantitative estimate of drug-likeness (QED) is 0.294. The maximum Gasteiger partial charge on any atom is 0.272 e. The van der Waals surface area contributed by atoms with Crippen molar-refractivity contribution in [1.29, 1.82) is 0 Å². The van der Waals surface area contributed by atoms with Crippen LogP contribution in [0.15, 0.2) is 24.3 Å². The van der Waals surface area contributed by atoms with Crippen LogP contribution in [0, 0.1) is 11.8 Å². The Balaban J connectivity index is 1.56. The van der Waals surface area contributed by atoms with Gasteiger partial charge in [-0.2, -0.15) is 5.10 Å². The first kappa shape index (κ1) is 29.9. The van der Waals surface area contributed by atoms with E-state index in [2.05, 4.69) is 24.5 Å². The van der Waals surface area contributed by atoms with Crippen LogP contribution in [0.5, 0.6) is 11.5 Å². The van der Waals surface area contributed by atoms with E-state index in [9.17, 15) is 9.59 Å². The predicted molar refractivity (Wildman–Crippen MR) is 158 cm³/mol. The second-order valence-corrected chi connectivity index (χ2v) is 11.8. The van der Waals surface area contributed by atoms with E-state index in [1.807, 2.05) is 28.9 Å². The van der Waals surface area contributed by atoms with Crippen LogP contribution < -0.4 is 20.1 Å². The Labute approximate surface area is 239 Å². The zero-order valence-corrected chi connectivity index (χ0v) is 24.8. The molecule has 2 saturated carbocycles. The lowest BCUT2D eigenvalue weighted by Crippen LogP contribution is -2.44. The predicted octanol–water partition coefficient (Wildman–Crippen LogP) is 6.13. The fourth-order valence-corrected chi connectivity index (χ4v) is 5.86. The van der Waals surface area contributed by atoms with Crippen LogP contribution in [0.3, 0.4) is 0 Å². The van der Waals surface area contributed by atoms with E-state index < -0.39 is 0 Å². The van der Waals surface area contributed by atoms with E-state index in [4.69, 9.17) is 14.6 Å². The van der Waals surface area contributed by atoms with Gasteiger partial charge in [0.05, 0.1) is 25.5 Å². The third-order valence-corrected chi connectivity index (χ3v) is 8.76. The minimum absolute atomic E-state index is 0.0281. The Hall–Kier alpha value is -3.03. The molecule has 0 aliphatic heterocycles. The van der Waals surface area contributed by atoms with Crippen molar-refractivity contribution in [2.24, 2.45) is 11.8 Å². The summed E-state index contributed by atoms with van der Waals surface area (Å²) in [4.78, 5) is 26.5. The molecule has 1 unspecified atom stereocenters. The van der Waals surface area contributed by atoms with Gasteiger partial charge in [-0.3, -0.25) is 14.3 Å². The highest BCUT2D eigenvalue weighted by Gasteiger charge is 2.26. The Morgan fingerprint density at radius 2 is 1.75 bits per heavy atom. The summed E-state index contributed by atoms with van der Waals surface area (Å²) in [6, 6.07) is 7.55. The molecular formula is C32H48N4O4. The zero-order chi connectivity index (χ0) is 28.5. The number of aromatic nitrogens is 2. The Bertz CT molecular complexity index is 1100. The second-order valence-electron chi connectivity index (χ2n) is 11.8. The zero-order valence-electron chi connectivity index (χ0n) is 24.8. The van der Waals surface area contributed by atoms with Gasteiger partial charge in [-0.15, -0.1) is 0 Å². The minimum atomic E-state index is -0.247. The molecule has 2 amide bonds. The molecule has 8 nitrogen and oxygen atoms in total. The number of carbonyl (C=O) groups is 2. The lowest BCUT2D eigenvalue weighted by Gasteiger charge is -2.28. The van der Waals surface area contributed by atoms with E-state index in [0.29, 0.717) is 42.0 Å². The number of rotatable bonds is 14. The maximum atomic E-state index is 13.7. The highest BCUT2D eigenvalue weighted by molar-refractivity contribution is 5.94. The van der Waals surface area contributed by atoms with Gasteiger partial charge in [0.25, 0.3) is 5.91 Å². The number of hydrogen-bond donors (Lipinski definition) is 2. The number of methoxy groups -OCH3 is 2. The third kappa shape index (κ3) is 7.79. The smallest absolute Gasteiger partial charge is 0.272 e. The number of amides is 2. The van der Waals surface area contributed by atoms with Crippen LogP contribution in [0.2, 0.25) is 0 Å². The number of carbonyl (C=O) groups excluding carboxylic acids is 2. The van der Waals surface area contributed by atoms with Crippen LogP contribution in [-0.2, 0) is 11.3 Å². The number of nitrogens with one attached hydrogen (secondary N) is 2. The van der Waals surface area contributed by atoms with E-state index in [1.165, 1.54) is 38.5 Å². The lowest BCUT2D eigenvalue weighted by atomic mass is 9.85. The van der Waals surface area contributed by atoms with Crippen molar-refractivity contribution in [2.45, 2.75) is 110 Å². The van der Waals surface area contributed by atoms with Crippen LogP contribution in [-0.4, -0.2) is 47.9 Å². The van der Waals surface area contributed by atoms with Gasteiger partial charge >= 0.3 is 0 Å². The molecule has 1 aromatic heterocycles. The molecule has 40 heavy (non-hydrogen) atoms. The van der Waals surface area contributed by atoms with Crippen molar-refractivity contribution in [3.05, 3.63) is 30.0 Å². The van der Waals surface area contributed by atoms with Gasteiger partial charge in [0.2, 0.25) is 5.91 Å². The van der Waals surface area contributed by atoms with E-state index in [-0.39, 0.29) is 23.9 Å². The SMILES string of the molecule is CCC(C)Cn1nc(C(=O)N[C@@H](CCC2CCCCC2)CC(=O)NC2CCC2)cc1-c1c(OC)cccc1OC. The minimum Gasteiger partial charge on any atom is -0.496 e. The van der Waals surface area contributed by atoms with Gasteiger partial charge in [0, 0.05) is 25.0 Å². The molecule has 0 saturated heterocycles. The number of hydrogen-bond acceptors (Lipinski definition) is 5. The summed E-state index contributed by atoms with van der Waals surface area (Å²) in [5, 5.41) is 11.1. The first-order chi connectivity index (χ1) is 19.4. The first-order valence-corrected chi connectivity index (χ1v) is 15.3. The van der Waals surface area contributed by atoms with Crippen molar-refractivity contribution in [1.82, 2.24) is 20.4 Å². The summed E-state index contributed by atoms with van der Waals surface area (Å²) < 4.78 is 13.2. The van der Waals surface area contributed by atoms with Gasteiger partial charge in [-0.1, -0.05) is 58.4 Å². The summed E-state index contributed by atoms with van der Waals surface area (Å²) in [7, 11) is 3.26. The molecular weight excluding hydrogens is 504 g/mol. The van der Waals surface area contributed by atoms with Crippen LogP contribution >= 0.6 is 0 Å². The normalized spacial score (nSPS) is 17.5. The van der Waals surface area contributed by atoms with Gasteiger partial charge in [0.1, 0.15) is 11.5 Å². The molecule has 220 valence electrons. The number of nitrogens with zero attached hydrogens (tertiary/aromatic N) is 2. The molecule has 1 aromatic carbocycles. The summed E-state index contributed by atoms with van der Waals surface area (Å²) >= 11 is 0. The maximum absolute atomic E-state index is 13.7. The molecule has 0 radical (unpaired) electrons. The topological polar surface area (TPSA) is 94.5 Å². The van der Waals surface area contributed by atoms with Gasteiger partial charge in [-0.25, -0.2) is 0 Å². The fraction of sp³-hybridized carbons (Fsp3) is 0.656. The van der Waals surface area contributed by atoms with E-state index in [1.54, 1.807) is 14.2 Å². The number of benzene rings is 1. The van der Waals surface area contributed by atoms with E-state index in [0.717, 1.165) is 43.4 Å². The Morgan fingerprint density at radius 1 is 1.05 bits per heavy atom. The summed E-state index contributed by atoms with van der Waals surface area (Å²) in [6.45, 7) is 4.98. The first-order valence-electron chi connectivity index (χ1n) is 15.3. The summed E-state index contributed by atoms with van der Waals surface area (Å²) in [5.41, 5.74) is 1.89. The van der Waals surface area contributed by atoms with Gasteiger partial charge in [0.15, 0.2) is 5.69 Å². The molecule has 2 fully saturated rings. The van der Waals surface area contributed by atoms with Crippen molar-refractivity contribution in [2.75, 3.05) is 14.2 Å². The standard InChI is InChI=1S/C32H48N4O4/c1-5-22(2)21-36-27(31-28(39-3)15-10-16-29(31)40-4)20-26(35-36)32(38)34-25(18-17-23-11-7-6-8-12-23)19-30(37)33-24-13-9-14-24/h10,15-16,20,22-25H,5-9,11-14,17-19,21H2,1-4H3,(H,33,37)(H,34,38)/t22?,25-/m0/s1. The average Bonchev–Trinajstić information content (AvgIpc) is 3.36. The van der Waals surface area contributed by atoms with Crippen molar-refractivity contribution in [3.8, 4) is 22.8 Å². The monoisotopic (exact) mass is 552 g/mol. The van der Waals surface area contributed by atoms with Crippen molar-refractivity contribution < 1.29 is 19.1 Å². The van der Waals surface area contributed by atoms with Gasteiger partial charge in [-0.05, 0) is 62.1 Å².